The number of hydrogen-bond acceptors (Lipinski definition) is 5. The number of halogens is 9. The number of hydrogen-bond donors (Lipinski definition) is 1. The van der Waals surface area contributed by atoms with E-state index in [4.69, 9.17) is 0 Å². The molecule has 15 heteroatoms. The molecule has 38 heavy (non-hydrogen) atoms. The van der Waals surface area contributed by atoms with Gasteiger partial charge in [0.25, 0.3) is 5.95 Å². The third kappa shape index (κ3) is 5.97. The molecule has 0 saturated carbocycles. The van der Waals surface area contributed by atoms with E-state index in [2.05, 4.69) is 20.7 Å². The second-order valence-corrected chi connectivity index (χ2v) is 9.29. The molecular weight excluding hydrogens is 531 g/mol. The summed E-state index contributed by atoms with van der Waals surface area (Å²) < 4.78 is 122. The van der Waals surface area contributed by atoms with Crippen molar-refractivity contribution in [3.8, 4) is 0 Å². The lowest BCUT2D eigenvalue weighted by atomic mass is 9.84. The number of nitrogens with zero attached hydrogens (tertiary/aromatic N) is 5. The number of benzene rings is 1. The highest BCUT2D eigenvalue weighted by Crippen LogP contribution is 2.41. The van der Waals surface area contributed by atoms with Crippen LogP contribution in [0.25, 0.3) is 0 Å². The molecule has 1 aliphatic heterocycles. The molecule has 1 fully saturated rings. The van der Waals surface area contributed by atoms with E-state index < -0.39 is 53.9 Å². The van der Waals surface area contributed by atoms with Crippen LogP contribution in [0.2, 0.25) is 0 Å². The number of tetrazole rings is 1. The van der Waals surface area contributed by atoms with Gasteiger partial charge in [-0.3, -0.25) is 0 Å². The Balaban J connectivity index is 1.83. The summed E-state index contributed by atoms with van der Waals surface area (Å²) in [6.45, 7) is 1.22. The smallest absolute Gasteiger partial charge is 0.327 e. The molecule has 6 nitrogen and oxygen atoms in total. The van der Waals surface area contributed by atoms with Crippen molar-refractivity contribution in [1.29, 1.82) is 0 Å². The number of alkyl halides is 9. The van der Waals surface area contributed by atoms with Gasteiger partial charge < -0.3 is 10.2 Å². The minimum Gasteiger partial charge on any atom is -0.327 e. The molecular formula is C23H23F9N6. The normalized spacial score (nSPS) is 21.2. The number of fused-ring (bicyclic) bond motifs is 1. The van der Waals surface area contributed by atoms with Gasteiger partial charge in [-0.25, -0.2) is 0 Å². The second kappa shape index (κ2) is 9.89. The molecule has 1 aliphatic carbocycles. The topological polar surface area (TPSA) is 58.9 Å². The summed E-state index contributed by atoms with van der Waals surface area (Å²) in [7, 11) is 1.43. The first-order chi connectivity index (χ1) is 17.5. The predicted octanol–water partition coefficient (Wildman–Crippen LogP) is 5.58. The number of allylic oxidation sites excluding steroid dienone is 2. The van der Waals surface area contributed by atoms with Gasteiger partial charge in [0.15, 0.2) is 0 Å². The van der Waals surface area contributed by atoms with E-state index in [1.807, 2.05) is 0 Å². The Bertz CT molecular complexity index is 1210. The van der Waals surface area contributed by atoms with Crippen LogP contribution in [-0.2, 0) is 25.9 Å². The third-order valence-electron chi connectivity index (χ3n) is 6.57. The molecule has 1 N–H and O–H groups in total. The molecule has 0 bridgehead atoms. The largest absolute Gasteiger partial charge is 0.416 e. The van der Waals surface area contributed by atoms with E-state index >= 15 is 0 Å². The van der Waals surface area contributed by atoms with Gasteiger partial charge in [-0.2, -0.15) is 44.3 Å². The van der Waals surface area contributed by atoms with Crippen LogP contribution in [0.5, 0.6) is 0 Å². The van der Waals surface area contributed by atoms with Crippen molar-refractivity contribution in [2.75, 3.05) is 11.4 Å². The second-order valence-electron chi connectivity index (χ2n) is 9.29. The maximum Gasteiger partial charge on any atom is 0.416 e. The van der Waals surface area contributed by atoms with Crippen molar-refractivity contribution in [3.63, 3.8) is 0 Å². The first kappa shape index (κ1) is 27.9. The van der Waals surface area contributed by atoms with Crippen LogP contribution in [0.3, 0.4) is 0 Å². The van der Waals surface area contributed by atoms with Gasteiger partial charge in [-0.05, 0) is 72.9 Å². The van der Waals surface area contributed by atoms with Crippen molar-refractivity contribution in [2.45, 2.75) is 63.3 Å². The highest BCUT2D eigenvalue weighted by atomic mass is 19.4. The Labute approximate surface area is 211 Å². The predicted molar refractivity (Wildman–Crippen MR) is 118 cm³/mol. The lowest BCUT2D eigenvalue weighted by Gasteiger charge is -2.37. The van der Waals surface area contributed by atoms with E-state index in [1.54, 1.807) is 0 Å². The van der Waals surface area contributed by atoms with Crippen molar-refractivity contribution in [3.05, 3.63) is 57.7 Å². The Morgan fingerprint density at radius 3 is 2.13 bits per heavy atom. The van der Waals surface area contributed by atoms with Crippen LogP contribution >= 0.6 is 0 Å². The molecule has 0 radical (unpaired) electrons. The molecule has 0 amide bonds. The quantitative estimate of drug-likeness (QED) is 0.500. The minimum absolute atomic E-state index is 0.0112. The lowest BCUT2D eigenvalue weighted by Crippen LogP contribution is -2.44. The van der Waals surface area contributed by atoms with Gasteiger partial charge in [-0.1, -0.05) is 11.2 Å². The van der Waals surface area contributed by atoms with Gasteiger partial charge in [0.05, 0.1) is 24.2 Å². The summed E-state index contributed by atoms with van der Waals surface area (Å²) in [4.78, 5) is 2.48. The maximum atomic E-state index is 13.6. The van der Waals surface area contributed by atoms with Gasteiger partial charge in [0.1, 0.15) is 0 Å². The average Bonchev–Trinajstić information content (AvgIpc) is 3.11. The Hall–Kier alpha value is -3.10. The van der Waals surface area contributed by atoms with E-state index in [-0.39, 0.29) is 29.6 Å². The molecule has 1 saturated heterocycles. The summed E-state index contributed by atoms with van der Waals surface area (Å²) in [5.74, 6) is -0.0757. The van der Waals surface area contributed by atoms with Crippen molar-refractivity contribution >= 4 is 5.95 Å². The summed E-state index contributed by atoms with van der Waals surface area (Å²) in [6.07, 6.45) is -12.8. The molecule has 2 aliphatic rings. The SMILES string of the molecule is CC1=C(C(F)(F)F)CC2NCCC[C@H](N(Cc3cc(C(F)(F)F)cc(C(F)(F)F)c3)c3nnn(C)n3)C2=C1. The molecule has 2 atom stereocenters. The first-order valence-corrected chi connectivity index (χ1v) is 11.5. The summed E-state index contributed by atoms with van der Waals surface area (Å²) in [5.41, 5.74) is -3.45. The molecule has 2 aromatic rings. The molecule has 2 heterocycles. The molecule has 208 valence electrons. The molecule has 0 spiro atoms. The maximum absolute atomic E-state index is 13.6. The number of anilines is 1. The molecule has 1 unspecified atom stereocenters. The summed E-state index contributed by atoms with van der Waals surface area (Å²) >= 11 is 0. The van der Waals surface area contributed by atoms with Crippen LogP contribution in [-0.4, -0.2) is 45.0 Å². The average molecular weight is 554 g/mol. The van der Waals surface area contributed by atoms with Gasteiger partial charge in [-0.15, -0.1) is 5.10 Å². The van der Waals surface area contributed by atoms with Crippen LogP contribution in [0.1, 0.15) is 42.9 Å². The van der Waals surface area contributed by atoms with E-state index in [9.17, 15) is 39.5 Å². The van der Waals surface area contributed by atoms with E-state index in [1.165, 1.54) is 24.9 Å². The number of aryl methyl sites for hydroxylation is 1. The summed E-state index contributed by atoms with van der Waals surface area (Å²) in [6, 6.07) is -0.182. The van der Waals surface area contributed by atoms with Crippen LogP contribution in [0.4, 0.5) is 45.5 Å². The van der Waals surface area contributed by atoms with Crippen molar-refractivity contribution in [2.24, 2.45) is 7.05 Å². The van der Waals surface area contributed by atoms with Crippen LogP contribution < -0.4 is 10.2 Å². The lowest BCUT2D eigenvalue weighted by molar-refractivity contribution is -0.143. The zero-order valence-corrected chi connectivity index (χ0v) is 20.1. The fraction of sp³-hybridized carbons (Fsp3) is 0.522. The minimum atomic E-state index is -5.04. The molecule has 4 rings (SSSR count). The van der Waals surface area contributed by atoms with E-state index in [0.717, 1.165) is 4.80 Å². The standard InChI is InChI=1S/C23H23F9N6/c1-12-6-16-18(10-17(12)23(30,31)32)33-5-3-4-19(16)38(20-34-36-37(2)35-20)11-13-7-14(21(24,25)26)9-15(8-13)22(27,28)29/h6-9,18-19,33H,3-5,10-11H2,1-2H3/t18?,19-/m0/s1. The number of rotatable bonds is 4. The van der Waals surface area contributed by atoms with Crippen LogP contribution in [0.15, 0.2) is 41.0 Å². The van der Waals surface area contributed by atoms with Crippen molar-refractivity contribution in [1.82, 2.24) is 25.5 Å². The van der Waals surface area contributed by atoms with Crippen LogP contribution in [0, 0.1) is 0 Å². The highest BCUT2D eigenvalue weighted by Gasteiger charge is 2.42. The van der Waals surface area contributed by atoms with Crippen molar-refractivity contribution < 1.29 is 39.5 Å². The fourth-order valence-electron chi connectivity index (χ4n) is 4.87. The van der Waals surface area contributed by atoms with Gasteiger partial charge in [0.2, 0.25) is 0 Å². The third-order valence-corrected chi connectivity index (χ3v) is 6.57. The highest BCUT2D eigenvalue weighted by molar-refractivity contribution is 5.46. The zero-order chi connectivity index (χ0) is 28.0. The molecule has 1 aromatic carbocycles. The fourth-order valence-corrected chi connectivity index (χ4v) is 4.87. The zero-order valence-electron chi connectivity index (χ0n) is 20.1. The van der Waals surface area contributed by atoms with E-state index in [0.29, 0.717) is 37.1 Å². The Kier molecular flexibility index (Phi) is 7.27. The molecule has 1 aromatic heterocycles. The van der Waals surface area contributed by atoms with Gasteiger partial charge >= 0.3 is 18.5 Å². The number of aromatic nitrogens is 4. The first-order valence-electron chi connectivity index (χ1n) is 11.5. The number of nitrogens with one attached hydrogen (secondary N) is 1. The monoisotopic (exact) mass is 554 g/mol. The Morgan fingerprint density at radius 1 is 0.974 bits per heavy atom. The van der Waals surface area contributed by atoms with Gasteiger partial charge in [0, 0.05) is 18.2 Å². The summed E-state index contributed by atoms with van der Waals surface area (Å²) in [5, 5.41) is 14.8. The Morgan fingerprint density at radius 2 is 1.61 bits per heavy atom.